The predicted octanol–water partition coefficient (Wildman–Crippen LogP) is 5.02. The van der Waals surface area contributed by atoms with Gasteiger partial charge in [0.15, 0.2) is 24.0 Å². The summed E-state index contributed by atoms with van der Waals surface area (Å²) in [5, 5.41) is 3.77. The molecule has 0 aliphatic carbocycles. The van der Waals surface area contributed by atoms with Gasteiger partial charge in [-0.3, -0.25) is 9.62 Å². The molecule has 3 heterocycles. The molecule has 1 aromatic carbocycles. The average Bonchev–Trinajstić information content (AvgIpc) is 3.15. The van der Waals surface area contributed by atoms with Crippen LogP contribution >= 0.6 is 40.4 Å². The van der Waals surface area contributed by atoms with Crippen molar-refractivity contribution in [2.45, 2.75) is 19.5 Å². The molecule has 0 bridgehead atoms. The van der Waals surface area contributed by atoms with Crippen LogP contribution in [0.15, 0.2) is 35.2 Å². The van der Waals surface area contributed by atoms with E-state index in [0.717, 1.165) is 16.2 Å². The first-order chi connectivity index (χ1) is 15.9. The monoisotopic (exact) mass is 559 g/mol. The quantitative estimate of drug-likeness (QED) is 0.365. The SMILES string of the molecule is CNSNc1nccc(CN2C(=O)Oc3cc(Oc4nc(Br)nn4SF)ccc3C2C)c1F. The maximum atomic E-state index is 14.8. The Labute approximate surface area is 204 Å². The number of fused-ring (bicyclic) bond motifs is 1. The fourth-order valence-electron chi connectivity index (χ4n) is 3.13. The standard InChI is InChI=1S/C18H16BrF2N7O3S2/c1-9-12-4-3-11(30-17-24-16(19)25-28(17)32-21)7-13(12)31-18(29)27(9)8-10-5-6-23-15(14(10)20)26-33-22-2/h3-7,9,22H,8H2,1-2H3,(H,23,26). The molecule has 1 unspecified atom stereocenters. The highest BCUT2D eigenvalue weighted by Gasteiger charge is 2.33. The zero-order valence-corrected chi connectivity index (χ0v) is 20.3. The van der Waals surface area contributed by atoms with Crippen molar-refractivity contribution in [1.29, 1.82) is 0 Å². The lowest BCUT2D eigenvalue weighted by Gasteiger charge is -2.34. The van der Waals surface area contributed by atoms with Crippen molar-refractivity contribution in [3.63, 3.8) is 0 Å². The number of amides is 1. The van der Waals surface area contributed by atoms with Crippen LogP contribution < -0.4 is 18.9 Å². The van der Waals surface area contributed by atoms with Crippen LogP contribution in [0.1, 0.15) is 24.1 Å². The highest BCUT2D eigenvalue weighted by molar-refractivity contribution is 9.10. The summed E-state index contributed by atoms with van der Waals surface area (Å²) in [5.41, 5.74) is 0.980. The van der Waals surface area contributed by atoms with Gasteiger partial charge >= 0.3 is 12.1 Å². The second-order valence-corrected chi connectivity index (χ2v) is 8.63. The Kier molecular flexibility index (Phi) is 7.21. The molecule has 1 aliphatic rings. The third kappa shape index (κ3) is 5.00. The minimum Gasteiger partial charge on any atom is -0.424 e. The van der Waals surface area contributed by atoms with E-state index in [1.165, 1.54) is 23.2 Å². The van der Waals surface area contributed by atoms with E-state index >= 15 is 0 Å². The lowest BCUT2D eigenvalue weighted by atomic mass is 10.0. The van der Waals surface area contributed by atoms with Gasteiger partial charge in [0, 0.05) is 35.5 Å². The molecular formula is C18H16BrF2N7O3S2. The first-order valence-electron chi connectivity index (χ1n) is 9.35. The second-order valence-electron chi connectivity index (χ2n) is 6.62. The number of aromatic nitrogens is 4. The molecule has 0 saturated heterocycles. The molecule has 1 atom stereocenters. The van der Waals surface area contributed by atoms with Crippen LogP contribution in [-0.4, -0.2) is 37.2 Å². The zero-order valence-electron chi connectivity index (χ0n) is 17.1. The van der Waals surface area contributed by atoms with Crippen LogP contribution in [0.3, 0.4) is 0 Å². The van der Waals surface area contributed by atoms with Crippen molar-refractivity contribution in [3.8, 4) is 17.5 Å². The van der Waals surface area contributed by atoms with E-state index in [4.69, 9.17) is 9.47 Å². The first kappa shape index (κ1) is 23.5. The van der Waals surface area contributed by atoms with Crippen molar-refractivity contribution in [3.05, 3.63) is 52.1 Å². The molecule has 15 heteroatoms. The number of hydrogen-bond donors (Lipinski definition) is 2. The summed E-state index contributed by atoms with van der Waals surface area (Å²) in [6.45, 7) is 1.79. The number of nitrogens with zero attached hydrogens (tertiary/aromatic N) is 5. The number of rotatable bonds is 8. The van der Waals surface area contributed by atoms with Gasteiger partial charge in [0.25, 0.3) is 0 Å². The summed E-state index contributed by atoms with van der Waals surface area (Å²) in [4.78, 5) is 22.0. The summed E-state index contributed by atoms with van der Waals surface area (Å²) in [5.74, 6) is 0.0476. The van der Waals surface area contributed by atoms with E-state index in [1.807, 2.05) is 6.92 Å². The Morgan fingerprint density at radius 1 is 1.36 bits per heavy atom. The lowest BCUT2D eigenvalue weighted by Crippen LogP contribution is -2.39. The molecule has 174 valence electrons. The van der Waals surface area contributed by atoms with Gasteiger partial charge in [0.05, 0.1) is 12.6 Å². The molecule has 33 heavy (non-hydrogen) atoms. The molecule has 4 rings (SSSR count). The van der Waals surface area contributed by atoms with Crippen LogP contribution in [0, 0.1) is 5.82 Å². The zero-order chi connectivity index (χ0) is 23.5. The van der Waals surface area contributed by atoms with Crippen LogP contribution in [0.5, 0.6) is 17.5 Å². The molecule has 2 N–H and O–H groups in total. The Hall–Kier alpha value is -2.62. The smallest absolute Gasteiger partial charge is 0.416 e. The van der Waals surface area contributed by atoms with Gasteiger partial charge in [-0.2, -0.15) is 4.98 Å². The summed E-state index contributed by atoms with van der Waals surface area (Å²) in [6.07, 6.45) is 0.814. The Morgan fingerprint density at radius 2 is 2.18 bits per heavy atom. The van der Waals surface area contributed by atoms with Crippen molar-refractivity contribution >= 4 is 52.3 Å². The molecule has 1 amide bonds. The van der Waals surface area contributed by atoms with Gasteiger partial charge in [0.1, 0.15) is 11.5 Å². The van der Waals surface area contributed by atoms with Gasteiger partial charge in [-0.05, 0) is 48.1 Å². The van der Waals surface area contributed by atoms with Crippen molar-refractivity contribution in [1.82, 2.24) is 28.8 Å². The largest absolute Gasteiger partial charge is 0.424 e. The van der Waals surface area contributed by atoms with E-state index in [9.17, 15) is 13.1 Å². The predicted molar refractivity (Wildman–Crippen MR) is 123 cm³/mol. The molecule has 3 aromatic rings. The second kappa shape index (κ2) is 10.1. The molecule has 1 aliphatic heterocycles. The first-order valence-corrected chi connectivity index (χ1v) is 11.6. The van der Waals surface area contributed by atoms with Gasteiger partial charge < -0.3 is 9.47 Å². The summed E-state index contributed by atoms with van der Waals surface area (Å²) < 4.78 is 45.3. The number of ether oxygens (including phenoxy) is 2. The van der Waals surface area contributed by atoms with Gasteiger partial charge in [-0.25, -0.2) is 18.9 Å². The minimum atomic E-state index is -0.646. The Morgan fingerprint density at radius 3 is 2.94 bits per heavy atom. The summed E-state index contributed by atoms with van der Waals surface area (Å²) >= 11 is 3.95. The Bertz CT molecular complexity index is 1190. The van der Waals surface area contributed by atoms with Crippen LogP contribution in [0.25, 0.3) is 0 Å². The van der Waals surface area contributed by atoms with Crippen LogP contribution in [0.4, 0.5) is 18.9 Å². The number of nitrogens with one attached hydrogen (secondary N) is 2. The maximum absolute atomic E-state index is 14.8. The molecule has 0 radical (unpaired) electrons. The fourth-order valence-corrected chi connectivity index (χ4v) is 4.13. The van der Waals surface area contributed by atoms with Crippen LogP contribution in [-0.2, 0) is 6.54 Å². The minimum absolute atomic E-state index is 0.0181. The molecule has 2 aromatic heterocycles. The van der Waals surface area contributed by atoms with Gasteiger partial charge in [-0.1, -0.05) is 0 Å². The molecular weight excluding hydrogens is 544 g/mol. The maximum Gasteiger partial charge on any atom is 0.416 e. The number of pyridine rings is 1. The number of carbonyl (C=O) groups excluding carboxylic acids is 1. The third-order valence-electron chi connectivity index (χ3n) is 4.69. The number of carbonyl (C=O) groups is 1. The van der Waals surface area contributed by atoms with E-state index in [1.54, 1.807) is 19.2 Å². The van der Waals surface area contributed by atoms with Gasteiger partial charge in [-0.15, -0.1) is 13.1 Å². The highest BCUT2D eigenvalue weighted by atomic mass is 79.9. The van der Waals surface area contributed by atoms with E-state index in [-0.39, 0.29) is 52.5 Å². The van der Waals surface area contributed by atoms with E-state index < -0.39 is 18.0 Å². The average molecular weight is 560 g/mol. The number of benzene rings is 1. The molecule has 0 spiro atoms. The van der Waals surface area contributed by atoms with Crippen molar-refractivity contribution in [2.24, 2.45) is 0 Å². The van der Waals surface area contributed by atoms with E-state index in [2.05, 4.69) is 40.4 Å². The number of hydrogen-bond acceptors (Lipinski definition) is 10. The summed E-state index contributed by atoms with van der Waals surface area (Å²) in [7, 11) is 1.68. The normalized spacial score (nSPS) is 15.2. The van der Waals surface area contributed by atoms with Crippen molar-refractivity contribution in [2.75, 3.05) is 11.8 Å². The van der Waals surface area contributed by atoms with Crippen molar-refractivity contribution < 1.29 is 22.5 Å². The molecule has 0 fully saturated rings. The molecule has 0 saturated carbocycles. The highest BCUT2D eigenvalue weighted by Crippen LogP contribution is 2.39. The van der Waals surface area contributed by atoms with Crippen LogP contribution in [0.2, 0.25) is 0 Å². The van der Waals surface area contributed by atoms with Gasteiger partial charge in [0.2, 0.25) is 4.73 Å². The topological polar surface area (TPSA) is 106 Å². The summed E-state index contributed by atoms with van der Waals surface area (Å²) in [6, 6.07) is 5.85. The fraction of sp³-hybridized carbons (Fsp3) is 0.222. The third-order valence-corrected chi connectivity index (χ3v) is 5.90. The Balaban J connectivity index is 1.54. The number of anilines is 1. The number of halogens is 3. The molecule has 10 nitrogen and oxygen atoms in total. The van der Waals surface area contributed by atoms with E-state index in [0.29, 0.717) is 5.56 Å². The lowest BCUT2D eigenvalue weighted by molar-refractivity contribution is 0.116.